The normalized spacial score (nSPS) is 14.2. The number of halogens is 1. The molecular formula is C12H16FNO2. The molecule has 3 nitrogen and oxygen atoms in total. The predicted molar refractivity (Wildman–Crippen MR) is 59.0 cm³/mol. The van der Waals surface area contributed by atoms with Gasteiger partial charge in [-0.25, -0.2) is 4.39 Å². The molecule has 0 aliphatic carbocycles. The molecule has 0 spiro atoms. The van der Waals surface area contributed by atoms with Crippen molar-refractivity contribution in [2.75, 3.05) is 0 Å². The molecule has 2 N–H and O–H groups in total. The summed E-state index contributed by atoms with van der Waals surface area (Å²) in [6.07, 6.45) is 0. The highest BCUT2D eigenvalue weighted by Crippen LogP contribution is 2.10. The minimum atomic E-state index is -0.404. The van der Waals surface area contributed by atoms with Crippen molar-refractivity contribution in [1.29, 1.82) is 0 Å². The molecule has 0 aliphatic rings. The number of hydrogen-bond acceptors (Lipinski definition) is 3. The van der Waals surface area contributed by atoms with Crippen molar-refractivity contribution in [2.45, 2.75) is 26.5 Å². The van der Waals surface area contributed by atoms with Gasteiger partial charge < -0.3 is 10.5 Å². The molecule has 1 aromatic carbocycles. The first kappa shape index (κ1) is 12.6. The maximum absolute atomic E-state index is 13.2. The van der Waals surface area contributed by atoms with Crippen LogP contribution in [0.1, 0.15) is 19.4 Å². The molecule has 4 heteroatoms. The number of benzene rings is 1. The lowest BCUT2D eigenvalue weighted by Gasteiger charge is -2.14. The maximum Gasteiger partial charge on any atom is 0.310 e. The molecule has 0 radical (unpaired) electrons. The smallest absolute Gasteiger partial charge is 0.310 e. The van der Waals surface area contributed by atoms with E-state index in [2.05, 4.69) is 0 Å². The van der Waals surface area contributed by atoms with Crippen LogP contribution in [0.2, 0.25) is 0 Å². The average molecular weight is 225 g/mol. The Morgan fingerprint density at radius 1 is 1.44 bits per heavy atom. The van der Waals surface area contributed by atoms with E-state index in [1.54, 1.807) is 32.0 Å². The first-order valence-electron chi connectivity index (χ1n) is 5.18. The fourth-order valence-corrected chi connectivity index (χ4v) is 1.11. The minimum absolute atomic E-state index is 0.0530. The van der Waals surface area contributed by atoms with E-state index < -0.39 is 5.97 Å². The molecule has 0 bridgehead atoms. The number of esters is 1. The first-order chi connectivity index (χ1) is 7.52. The Bertz CT molecular complexity index is 366. The molecule has 16 heavy (non-hydrogen) atoms. The van der Waals surface area contributed by atoms with Crippen molar-refractivity contribution < 1.29 is 13.9 Å². The number of hydrogen-bond donors (Lipinski definition) is 1. The summed E-state index contributed by atoms with van der Waals surface area (Å²) in [5, 5.41) is 0. The van der Waals surface area contributed by atoms with Crippen molar-refractivity contribution in [3.63, 3.8) is 0 Å². The second-order valence-electron chi connectivity index (χ2n) is 3.85. The molecule has 0 aliphatic heterocycles. The summed E-state index contributed by atoms with van der Waals surface area (Å²) in [6.45, 7) is 3.37. The number of nitrogens with two attached hydrogens (primary N) is 1. The lowest BCUT2D eigenvalue weighted by Crippen LogP contribution is -2.31. The Kier molecular flexibility index (Phi) is 4.43. The Balaban J connectivity index is 2.52. The maximum atomic E-state index is 13.2. The Labute approximate surface area is 94.4 Å². The lowest BCUT2D eigenvalue weighted by atomic mass is 10.1. The number of carbonyl (C=O) groups excluding carboxylic acids is 1. The van der Waals surface area contributed by atoms with E-state index in [-0.39, 0.29) is 24.4 Å². The predicted octanol–water partition coefficient (Wildman–Crippen LogP) is 1.85. The summed E-state index contributed by atoms with van der Waals surface area (Å²) >= 11 is 0. The van der Waals surface area contributed by atoms with Gasteiger partial charge in [0.15, 0.2) is 0 Å². The molecule has 2 unspecified atom stereocenters. The molecule has 0 saturated carbocycles. The third kappa shape index (κ3) is 3.31. The van der Waals surface area contributed by atoms with Crippen molar-refractivity contribution in [2.24, 2.45) is 11.7 Å². The van der Waals surface area contributed by atoms with Gasteiger partial charge in [0.2, 0.25) is 0 Å². The highest BCUT2D eigenvalue weighted by Gasteiger charge is 2.18. The number of ether oxygens (including phenoxy) is 1. The highest BCUT2D eigenvalue weighted by atomic mass is 19.1. The third-order valence-electron chi connectivity index (χ3n) is 2.49. The fourth-order valence-electron chi connectivity index (χ4n) is 1.11. The summed E-state index contributed by atoms with van der Waals surface area (Å²) in [7, 11) is 0. The monoisotopic (exact) mass is 225 g/mol. The van der Waals surface area contributed by atoms with Gasteiger partial charge in [0.05, 0.1) is 5.92 Å². The summed E-state index contributed by atoms with van der Waals surface area (Å²) in [5.41, 5.74) is 5.93. The van der Waals surface area contributed by atoms with Gasteiger partial charge in [-0.1, -0.05) is 25.1 Å². The van der Waals surface area contributed by atoms with E-state index in [0.29, 0.717) is 5.56 Å². The van der Waals surface area contributed by atoms with E-state index in [1.807, 2.05) is 0 Å². The molecule has 0 fully saturated rings. The van der Waals surface area contributed by atoms with Crippen LogP contribution in [-0.4, -0.2) is 12.0 Å². The van der Waals surface area contributed by atoms with Crippen LogP contribution in [0.3, 0.4) is 0 Å². The molecule has 88 valence electrons. The van der Waals surface area contributed by atoms with Gasteiger partial charge >= 0.3 is 5.97 Å². The molecule has 1 rings (SSSR count). The fraction of sp³-hybridized carbons (Fsp3) is 0.417. The van der Waals surface area contributed by atoms with Gasteiger partial charge in [0, 0.05) is 11.6 Å². The van der Waals surface area contributed by atoms with Crippen LogP contribution in [0.25, 0.3) is 0 Å². The second-order valence-corrected chi connectivity index (χ2v) is 3.85. The summed E-state index contributed by atoms with van der Waals surface area (Å²) in [5.74, 6) is -1.16. The van der Waals surface area contributed by atoms with Crippen LogP contribution in [0, 0.1) is 11.7 Å². The summed E-state index contributed by atoms with van der Waals surface area (Å²) < 4.78 is 18.2. The van der Waals surface area contributed by atoms with E-state index >= 15 is 0 Å². The van der Waals surface area contributed by atoms with Crippen LogP contribution < -0.4 is 5.73 Å². The van der Waals surface area contributed by atoms with Gasteiger partial charge in [-0.2, -0.15) is 0 Å². The topological polar surface area (TPSA) is 52.3 Å². The zero-order chi connectivity index (χ0) is 12.1. The summed E-state index contributed by atoms with van der Waals surface area (Å²) in [6, 6.07) is 5.93. The van der Waals surface area contributed by atoms with E-state index in [0.717, 1.165) is 0 Å². The van der Waals surface area contributed by atoms with Crippen LogP contribution >= 0.6 is 0 Å². The molecule has 0 saturated heterocycles. The molecule has 0 aromatic heterocycles. The van der Waals surface area contributed by atoms with Gasteiger partial charge in [-0.15, -0.1) is 0 Å². The van der Waals surface area contributed by atoms with Crippen molar-refractivity contribution in [3.8, 4) is 0 Å². The van der Waals surface area contributed by atoms with Crippen LogP contribution in [0.15, 0.2) is 24.3 Å². The van der Waals surface area contributed by atoms with Crippen molar-refractivity contribution in [3.05, 3.63) is 35.6 Å². The van der Waals surface area contributed by atoms with Gasteiger partial charge in [-0.3, -0.25) is 4.79 Å². The van der Waals surface area contributed by atoms with E-state index in [9.17, 15) is 9.18 Å². The minimum Gasteiger partial charge on any atom is -0.460 e. The molecule has 2 atom stereocenters. The first-order valence-corrected chi connectivity index (χ1v) is 5.18. The van der Waals surface area contributed by atoms with Crippen molar-refractivity contribution >= 4 is 5.97 Å². The molecule has 1 aromatic rings. The quantitative estimate of drug-likeness (QED) is 0.796. The lowest BCUT2D eigenvalue weighted by molar-refractivity contribution is -0.149. The third-order valence-corrected chi connectivity index (χ3v) is 2.49. The molecular weight excluding hydrogens is 209 g/mol. The SMILES string of the molecule is CC(N)C(C)C(=O)OCc1ccccc1F. The van der Waals surface area contributed by atoms with Crippen LogP contribution in [-0.2, 0) is 16.1 Å². The van der Waals surface area contributed by atoms with Gasteiger partial charge in [0.25, 0.3) is 0 Å². The summed E-state index contributed by atoms with van der Waals surface area (Å²) in [4.78, 5) is 11.4. The zero-order valence-electron chi connectivity index (χ0n) is 9.44. The zero-order valence-corrected chi connectivity index (χ0v) is 9.44. The molecule has 0 heterocycles. The number of carbonyl (C=O) groups is 1. The van der Waals surface area contributed by atoms with E-state index in [1.165, 1.54) is 6.07 Å². The van der Waals surface area contributed by atoms with Gasteiger partial charge in [0.1, 0.15) is 12.4 Å². The van der Waals surface area contributed by atoms with Gasteiger partial charge in [-0.05, 0) is 13.0 Å². The van der Waals surface area contributed by atoms with Crippen LogP contribution in [0.5, 0.6) is 0 Å². The number of rotatable bonds is 4. The Morgan fingerprint density at radius 3 is 2.62 bits per heavy atom. The Hall–Kier alpha value is -1.42. The second kappa shape index (κ2) is 5.61. The van der Waals surface area contributed by atoms with Crippen LogP contribution in [0.4, 0.5) is 4.39 Å². The Morgan fingerprint density at radius 2 is 2.06 bits per heavy atom. The standard InChI is InChI=1S/C12H16FNO2/c1-8(9(2)14)12(15)16-7-10-5-3-4-6-11(10)13/h3-6,8-9H,7,14H2,1-2H3. The average Bonchev–Trinajstić information content (AvgIpc) is 2.26. The largest absolute Gasteiger partial charge is 0.460 e. The van der Waals surface area contributed by atoms with E-state index in [4.69, 9.17) is 10.5 Å². The van der Waals surface area contributed by atoms with Crippen molar-refractivity contribution in [1.82, 2.24) is 0 Å². The molecule has 0 amide bonds. The highest BCUT2D eigenvalue weighted by molar-refractivity contribution is 5.72.